The number of rotatable bonds is 5. The van der Waals surface area contributed by atoms with Gasteiger partial charge in [-0.2, -0.15) is 11.8 Å². The van der Waals surface area contributed by atoms with Gasteiger partial charge in [0, 0.05) is 30.1 Å². The highest BCUT2D eigenvalue weighted by atomic mass is 32.2. The van der Waals surface area contributed by atoms with E-state index in [9.17, 15) is 9.50 Å². The highest BCUT2D eigenvalue weighted by Crippen LogP contribution is 2.32. The Balaban J connectivity index is 1.97. The van der Waals surface area contributed by atoms with Crippen LogP contribution in [0.25, 0.3) is 0 Å². The largest absolute Gasteiger partial charge is 0.496 e. The second-order valence-corrected chi connectivity index (χ2v) is 7.85. The molecule has 0 saturated carbocycles. The summed E-state index contributed by atoms with van der Waals surface area (Å²) < 4.78 is 19.3. The number of hydrogen-bond donors (Lipinski definition) is 1. The molecule has 0 bridgehead atoms. The summed E-state index contributed by atoms with van der Waals surface area (Å²) in [5, 5.41) is 10.3. The van der Waals surface area contributed by atoms with Crippen LogP contribution < -0.4 is 4.74 Å². The van der Waals surface area contributed by atoms with Crippen LogP contribution in [-0.2, 0) is 0 Å². The van der Waals surface area contributed by atoms with Crippen LogP contribution >= 0.6 is 11.8 Å². The van der Waals surface area contributed by atoms with Gasteiger partial charge in [0.25, 0.3) is 0 Å². The van der Waals surface area contributed by atoms with E-state index in [0.29, 0.717) is 12.2 Å². The third-order valence-electron chi connectivity index (χ3n) is 3.79. The molecule has 5 heteroatoms. The van der Waals surface area contributed by atoms with Crippen LogP contribution in [-0.4, -0.2) is 47.3 Å². The van der Waals surface area contributed by atoms with Gasteiger partial charge in [0.2, 0.25) is 0 Å². The maximum atomic E-state index is 13.9. The molecule has 1 aromatic rings. The number of ether oxygens (including phenoxy) is 1. The summed E-state index contributed by atoms with van der Waals surface area (Å²) in [4.78, 5) is 2.34. The lowest BCUT2D eigenvalue weighted by Crippen LogP contribution is -2.43. The number of benzene rings is 1. The molecular weight excluding hydrogens is 289 g/mol. The van der Waals surface area contributed by atoms with Gasteiger partial charge in [0.15, 0.2) is 0 Å². The first-order valence-corrected chi connectivity index (χ1v) is 8.28. The Bertz CT molecular complexity index is 481. The monoisotopic (exact) mass is 313 g/mol. The van der Waals surface area contributed by atoms with Crippen LogP contribution in [0.5, 0.6) is 5.75 Å². The Morgan fingerprint density at radius 3 is 2.90 bits per heavy atom. The van der Waals surface area contributed by atoms with Crippen molar-refractivity contribution < 1.29 is 14.2 Å². The average Bonchev–Trinajstić information content (AvgIpc) is 2.43. The van der Waals surface area contributed by atoms with Crippen molar-refractivity contribution in [2.45, 2.75) is 31.1 Å². The van der Waals surface area contributed by atoms with Crippen molar-refractivity contribution in [3.63, 3.8) is 0 Å². The molecule has 1 heterocycles. The molecule has 1 N–H and O–H groups in total. The summed E-state index contributed by atoms with van der Waals surface area (Å²) in [6, 6.07) is 4.64. The number of methoxy groups -OCH3 is 1. The van der Waals surface area contributed by atoms with Gasteiger partial charge < -0.3 is 14.7 Å². The van der Waals surface area contributed by atoms with E-state index in [2.05, 4.69) is 18.7 Å². The zero-order valence-corrected chi connectivity index (χ0v) is 13.8. The van der Waals surface area contributed by atoms with E-state index in [1.807, 2.05) is 11.8 Å². The first-order chi connectivity index (χ1) is 9.93. The van der Waals surface area contributed by atoms with Crippen LogP contribution in [0.2, 0.25) is 0 Å². The van der Waals surface area contributed by atoms with E-state index in [0.717, 1.165) is 25.4 Å². The Kier molecular flexibility index (Phi) is 5.52. The summed E-state index contributed by atoms with van der Waals surface area (Å²) in [5.74, 6) is 1.11. The normalized spacial score (nSPS) is 20.2. The molecule has 21 heavy (non-hydrogen) atoms. The minimum absolute atomic E-state index is 0.249. The Hall–Kier alpha value is -0.780. The van der Waals surface area contributed by atoms with Crippen molar-refractivity contribution in [3.05, 3.63) is 29.6 Å². The fraction of sp³-hybridized carbons (Fsp3) is 0.625. The molecule has 1 aliphatic rings. The molecule has 1 aliphatic heterocycles. The fourth-order valence-electron chi connectivity index (χ4n) is 2.77. The number of halogens is 1. The number of aliphatic hydroxyl groups excluding tert-OH is 1. The molecule has 118 valence electrons. The van der Waals surface area contributed by atoms with E-state index < -0.39 is 11.9 Å². The van der Waals surface area contributed by atoms with Crippen LogP contribution in [0.1, 0.15) is 31.9 Å². The van der Waals surface area contributed by atoms with Crippen LogP contribution in [0.15, 0.2) is 18.2 Å². The topological polar surface area (TPSA) is 32.7 Å². The van der Waals surface area contributed by atoms with Crippen molar-refractivity contribution in [1.29, 1.82) is 0 Å². The fourth-order valence-corrected chi connectivity index (χ4v) is 3.95. The minimum atomic E-state index is -0.834. The maximum absolute atomic E-state index is 13.9. The first-order valence-electron chi connectivity index (χ1n) is 7.30. The highest BCUT2D eigenvalue weighted by molar-refractivity contribution is 8.00. The number of hydrogen-bond acceptors (Lipinski definition) is 4. The lowest BCUT2D eigenvalue weighted by molar-refractivity contribution is 0.133. The van der Waals surface area contributed by atoms with Gasteiger partial charge in [0.1, 0.15) is 11.6 Å². The molecule has 1 saturated heterocycles. The van der Waals surface area contributed by atoms with E-state index in [-0.39, 0.29) is 10.3 Å². The van der Waals surface area contributed by atoms with Gasteiger partial charge in [-0.05, 0) is 32.4 Å². The summed E-state index contributed by atoms with van der Waals surface area (Å²) in [7, 11) is 1.50. The zero-order chi connectivity index (χ0) is 15.5. The van der Waals surface area contributed by atoms with Gasteiger partial charge in [-0.15, -0.1) is 0 Å². The summed E-state index contributed by atoms with van der Waals surface area (Å²) in [5.41, 5.74) is 0.269. The first kappa shape index (κ1) is 16.6. The van der Waals surface area contributed by atoms with E-state index in [1.165, 1.54) is 13.2 Å². The van der Waals surface area contributed by atoms with Crippen LogP contribution in [0, 0.1) is 5.82 Å². The quantitative estimate of drug-likeness (QED) is 0.905. The predicted octanol–water partition coefficient (Wildman–Crippen LogP) is 3.09. The van der Waals surface area contributed by atoms with Crippen molar-refractivity contribution in [3.8, 4) is 5.75 Å². The standard InChI is InChI=1S/C16H24FNO2S/c1-16(2)11-18(9-10-21-16)8-7-13(19)15-12(17)5-4-6-14(15)20-3/h4-6,13,19H,7-11H2,1-3H3. The Labute approximate surface area is 130 Å². The SMILES string of the molecule is COc1cccc(F)c1C(O)CCN1CCSC(C)(C)C1. The second-order valence-electron chi connectivity index (χ2n) is 6.04. The number of nitrogens with zero attached hydrogens (tertiary/aromatic N) is 1. The molecule has 0 aromatic heterocycles. The van der Waals surface area contributed by atoms with Crippen molar-refractivity contribution in [2.75, 3.05) is 32.5 Å². The van der Waals surface area contributed by atoms with E-state index in [4.69, 9.17) is 4.74 Å². The lowest BCUT2D eigenvalue weighted by atomic mass is 10.0. The molecule has 0 aliphatic carbocycles. The molecule has 1 atom stereocenters. The molecule has 1 fully saturated rings. The smallest absolute Gasteiger partial charge is 0.132 e. The number of aliphatic hydroxyl groups is 1. The molecule has 2 rings (SSSR count). The molecule has 1 unspecified atom stereocenters. The van der Waals surface area contributed by atoms with Gasteiger partial charge in [-0.25, -0.2) is 4.39 Å². The van der Waals surface area contributed by atoms with Crippen molar-refractivity contribution in [2.24, 2.45) is 0 Å². The maximum Gasteiger partial charge on any atom is 0.132 e. The van der Waals surface area contributed by atoms with Crippen molar-refractivity contribution >= 4 is 11.8 Å². The summed E-state index contributed by atoms with van der Waals surface area (Å²) in [6.07, 6.45) is -0.322. The van der Waals surface area contributed by atoms with Gasteiger partial charge >= 0.3 is 0 Å². The average molecular weight is 313 g/mol. The van der Waals surface area contributed by atoms with Crippen LogP contribution in [0.3, 0.4) is 0 Å². The predicted molar refractivity (Wildman–Crippen MR) is 85.5 cm³/mol. The molecule has 0 amide bonds. The molecule has 1 aromatic carbocycles. The third kappa shape index (κ3) is 4.34. The minimum Gasteiger partial charge on any atom is -0.496 e. The third-order valence-corrected chi connectivity index (χ3v) is 5.09. The zero-order valence-electron chi connectivity index (χ0n) is 12.9. The second kappa shape index (κ2) is 6.99. The lowest BCUT2D eigenvalue weighted by Gasteiger charge is -2.37. The van der Waals surface area contributed by atoms with E-state index >= 15 is 0 Å². The molecule has 3 nitrogen and oxygen atoms in total. The van der Waals surface area contributed by atoms with Crippen LogP contribution in [0.4, 0.5) is 4.39 Å². The summed E-state index contributed by atoms with van der Waals surface area (Å²) >= 11 is 1.98. The Morgan fingerprint density at radius 1 is 1.48 bits per heavy atom. The van der Waals surface area contributed by atoms with Crippen molar-refractivity contribution in [1.82, 2.24) is 4.90 Å². The molecule has 0 radical (unpaired) electrons. The highest BCUT2D eigenvalue weighted by Gasteiger charge is 2.27. The van der Waals surface area contributed by atoms with Gasteiger partial charge in [-0.3, -0.25) is 0 Å². The molecular formula is C16H24FNO2S. The van der Waals surface area contributed by atoms with Gasteiger partial charge in [-0.1, -0.05) is 6.07 Å². The Morgan fingerprint density at radius 2 is 2.24 bits per heavy atom. The van der Waals surface area contributed by atoms with E-state index in [1.54, 1.807) is 12.1 Å². The summed E-state index contributed by atoms with van der Waals surface area (Å²) in [6.45, 7) is 7.26. The number of thioether (sulfide) groups is 1. The molecule has 0 spiro atoms. The van der Waals surface area contributed by atoms with Gasteiger partial charge in [0.05, 0.1) is 18.8 Å².